The predicted octanol–water partition coefficient (Wildman–Crippen LogP) is 6.24. The van der Waals surface area contributed by atoms with E-state index in [2.05, 4.69) is 0 Å². The maximum Gasteiger partial charge on any atom is 0.416 e. The van der Waals surface area contributed by atoms with Crippen LogP contribution in [-0.2, 0) is 22.3 Å². The lowest BCUT2D eigenvalue weighted by Crippen LogP contribution is -2.53. The molecule has 1 atom stereocenters. The summed E-state index contributed by atoms with van der Waals surface area (Å²) in [5.74, 6) is -5.97. The molecule has 1 amide bonds. The Morgan fingerprint density at radius 3 is 1.98 bits per heavy atom. The van der Waals surface area contributed by atoms with Gasteiger partial charge in [-0.05, 0) is 63.6 Å². The third-order valence-corrected chi connectivity index (χ3v) is 9.17. The molecule has 3 saturated heterocycles. The fourth-order valence-electron chi connectivity index (χ4n) is 7.05. The minimum Gasteiger partial charge on any atom is -0.465 e. The summed E-state index contributed by atoms with van der Waals surface area (Å²) in [7, 11) is 0. The number of alkyl halides is 9. The number of likely N-dealkylation sites (tertiary alicyclic amines) is 2. The summed E-state index contributed by atoms with van der Waals surface area (Å²) in [6.07, 6.45) is -17.7. The second-order valence-corrected chi connectivity index (χ2v) is 13.6. The Kier molecular flexibility index (Phi) is 10.3. The van der Waals surface area contributed by atoms with Crippen molar-refractivity contribution in [3.8, 4) is 0 Å². The molecule has 3 fully saturated rings. The zero-order valence-electron chi connectivity index (χ0n) is 26.2. The van der Waals surface area contributed by atoms with Crippen molar-refractivity contribution in [1.82, 2.24) is 14.7 Å². The van der Waals surface area contributed by atoms with E-state index in [4.69, 9.17) is 4.74 Å². The number of anilines is 1. The number of nitrogens with zero attached hydrogens (tertiary/aromatic N) is 4. The molecule has 3 heterocycles. The van der Waals surface area contributed by atoms with Crippen molar-refractivity contribution in [3.63, 3.8) is 0 Å². The van der Waals surface area contributed by atoms with E-state index < -0.39 is 72.1 Å². The highest BCUT2D eigenvalue weighted by molar-refractivity contribution is 5.72. The molecule has 1 unspecified atom stereocenters. The number of piperazine rings is 1. The van der Waals surface area contributed by atoms with Gasteiger partial charge in [0, 0.05) is 63.6 Å². The van der Waals surface area contributed by atoms with E-state index in [1.165, 1.54) is 11.0 Å². The number of amides is 1. The summed E-state index contributed by atoms with van der Waals surface area (Å²) in [5, 5.41) is 9.40. The second kappa shape index (κ2) is 13.2. The summed E-state index contributed by atoms with van der Waals surface area (Å²) in [5.41, 5.74) is -2.47. The van der Waals surface area contributed by atoms with E-state index in [9.17, 15) is 54.2 Å². The normalized spacial score (nSPS) is 21.9. The number of ether oxygens (including phenoxy) is 1. The zero-order chi connectivity index (χ0) is 35.2. The topological polar surface area (TPSA) is 76.6 Å². The molecule has 0 aliphatic carbocycles. The lowest BCUT2D eigenvalue weighted by Gasteiger charge is -2.45. The van der Waals surface area contributed by atoms with Crippen LogP contribution in [0.4, 0.5) is 50.0 Å². The van der Waals surface area contributed by atoms with Gasteiger partial charge in [-0.1, -0.05) is 6.07 Å². The number of carbonyl (C=O) groups excluding carboxylic acids is 1. The third kappa shape index (κ3) is 8.95. The highest BCUT2D eigenvalue weighted by Crippen LogP contribution is 2.52. The van der Waals surface area contributed by atoms with E-state index in [0.29, 0.717) is 0 Å². The van der Waals surface area contributed by atoms with Gasteiger partial charge in [0.1, 0.15) is 5.60 Å². The molecule has 1 aromatic rings. The van der Waals surface area contributed by atoms with Crippen molar-refractivity contribution >= 4 is 17.7 Å². The second-order valence-electron chi connectivity index (χ2n) is 13.6. The van der Waals surface area contributed by atoms with Crippen molar-refractivity contribution in [1.29, 1.82) is 0 Å². The highest BCUT2D eigenvalue weighted by atomic mass is 19.4. The number of carboxylic acid groups (broad SMARTS) is 1. The molecule has 0 bridgehead atoms. The molecule has 0 saturated carbocycles. The van der Waals surface area contributed by atoms with Crippen molar-refractivity contribution in [2.24, 2.45) is 11.8 Å². The Morgan fingerprint density at radius 1 is 0.915 bits per heavy atom. The van der Waals surface area contributed by atoms with Crippen LogP contribution < -0.4 is 4.90 Å². The Balaban J connectivity index is 1.63. The standard InChI is InChI=1S/C30H39F9N4O4/c1-26(2,3)47-23(44)18-40-10-12-41(13-11-40)22-14-21(28(31,32)33)5-4-19(22)16-43-17-20(24(29(34,35)36)30(37,38)39)15-27(43)6-8-42(9-7-27)25(45)46/h4-5,14,20,24H,6-13,15-18H2,1-3H3,(H,45,46). The van der Waals surface area contributed by atoms with Gasteiger partial charge in [-0.15, -0.1) is 0 Å². The van der Waals surface area contributed by atoms with Crippen LogP contribution in [0.15, 0.2) is 18.2 Å². The summed E-state index contributed by atoms with van der Waals surface area (Å²) >= 11 is 0. The smallest absolute Gasteiger partial charge is 0.416 e. The predicted molar refractivity (Wildman–Crippen MR) is 152 cm³/mol. The Bertz CT molecular complexity index is 1270. The quantitative estimate of drug-likeness (QED) is 0.280. The first-order valence-electron chi connectivity index (χ1n) is 15.2. The van der Waals surface area contributed by atoms with Crippen molar-refractivity contribution in [2.45, 2.75) is 76.2 Å². The molecule has 8 nitrogen and oxygen atoms in total. The Morgan fingerprint density at radius 2 is 1.49 bits per heavy atom. The molecule has 1 aromatic carbocycles. The molecule has 0 aromatic heterocycles. The lowest BCUT2D eigenvalue weighted by atomic mass is 9.79. The van der Waals surface area contributed by atoms with E-state index in [1.54, 1.807) is 30.6 Å². The van der Waals surface area contributed by atoms with Crippen LogP contribution >= 0.6 is 0 Å². The van der Waals surface area contributed by atoms with Gasteiger partial charge >= 0.3 is 30.6 Å². The zero-order valence-corrected chi connectivity index (χ0v) is 26.2. The lowest BCUT2D eigenvalue weighted by molar-refractivity contribution is -0.297. The van der Waals surface area contributed by atoms with Gasteiger partial charge in [0.2, 0.25) is 0 Å². The fourth-order valence-corrected chi connectivity index (χ4v) is 7.05. The SMILES string of the molecule is CC(C)(C)OC(=O)CN1CCN(c2cc(C(F)(F)F)ccc2CN2CC(C(C(F)(F)F)C(F)(F)F)CC23CCN(C(=O)O)CC3)CC1. The van der Waals surface area contributed by atoms with Crippen molar-refractivity contribution in [3.05, 3.63) is 29.3 Å². The van der Waals surface area contributed by atoms with Gasteiger partial charge in [-0.3, -0.25) is 14.6 Å². The van der Waals surface area contributed by atoms with Crippen LogP contribution in [0.2, 0.25) is 0 Å². The van der Waals surface area contributed by atoms with E-state index in [0.717, 1.165) is 17.0 Å². The number of hydrogen-bond acceptors (Lipinski definition) is 6. The maximum absolute atomic E-state index is 13.8. The number of esters is 1. The van der Waals surface area contributed by atoms with Crippen LogP contribution in [0, 0.1) is 11.8 Å². The molecule has 3 aliphatic heterocycles. The van der Waals surface area contributed by atoms with Crippen LogP contribution in [0.25, 0.3) is 0 Å². The molecule has 1 spiro atoms. The van der Waals surface area contributed by atoms with Crippen molar-refractivity contribution in [2.75, 3.05) is 57.3 Å². The Hall–Kier alpha value is -2.95. The largest absolute Gasteiger partial charge is 0.465 e. The first-order valence-corrected chi connectivity index (χ1v) is 15.2. The van der Waals surface area contributed by atoms with Crippen molar-refractivity contribution < 1.29 is 58.9 Å². The first-order chi connectivity index (χ1) is 21.5. The van der Waals surface area contributed by atoms with Gasteiger partial charge in [0.15, 0.2) is 5.92 Å². The van der Waals surface area contributed by atoms with Crippen LogP contribution in [-0.4, -0.2) is 108 Å². The first kappa shape index (κ1) is 36.9. The number of piperidine rings is 1. The summed E-state index contributed by atoms with van der Waals surface area (Å²) < 4.78 is 130. The molecule has 266 valence electrons. The molecular formula is C30H39F9N4O4. The van der Waals surface area contributed by atoms with Gasteiger partial charge < -0.3 is 19.6 Å². The number of rotatable bonds is 6. The average molecular weight is 691 g/mol. The number of carbonyl (C=O) groups is 2. The highest BCUT2D eigenvalue weighted by Gasteiger charge is 2.64. The van der Waals surface area contributed by atoms with Gasteiger partial charge in [-0.2, -0.15) is 39.5 Å². The minimum absolute atomic E-state index is 0.0302. The molecule has 3 aliphatic rings. The molecular weight excluding hydrogens is 651 g/mol. The molecule has 17 heteroatoms. The number of benzene rings is 1. The summed E-state index contributed by atoms with van der Waals surface area (Å²) in [6, 6.07) is 2.96. The van der Waals surface area contributed by atoms with E-state index in [1.807, 2.05) is 0 Å². The summed E-state index contributed by atoms with van der Waals surface area (Å²) in [6.45, 7) is 4.99. The number of hydrogen-bond donors (Lipinski definition) is 1. The Labute approximate surface area is 266 Å². The van der Waals surface area contributed by atoms with Crippen LogP contribution in [0.1, 0.15) is 51.2 Å². The fraction of sp³-hybridized carbons (Fsp3) is 0.733. The van der Waals surface area contributed by atoms with E-state index >= 15 is 0 Å². The van der Waals surface area contributed by atoms with Gasteiger partial charge in [0.25, 0.3) is 0 Å². The molecule has 1 N–H and O–H groups in total. The van der Waals surface area contributed by atoms with Gasteiger partial charge in [0.05, 0.1) is 12.1 Å². The van der Waals surface area contributed by atoms with E-state index in [-0.39, 0.29) is 76.5 Å². The molecule has 4 rings (SSSR count). The molecule has 47 heavy (non-hydrogen) atoms. The van der Waals surface area contributed by atoms with Gasteiger partial charge in [-0.25, -0.2) is 4.79 Å². The van der Waals surface area contributed by atoms with Crippen LogP contribution in [0.3, 0.4) is 0 Å². The maximum atomic E-state index is 13.8. The number of halogens is 9. The monoisotopic (exact) mass is 690 g/mol. The third-order valence-electron chi connectivity index (χ3n) is 9.17. The molecule has 0 radical (unpaired) electrons. The van der Waals surface area contributed by atoms with Crippen LogP contribution in [0.5, 0.6) is 0 Å². The average Bonchev–Trinajstić information content (AvgIpc) is 3.21. The summed E-state index contributed by atoms with van der Waals surface area (Å²) in [4.78, 5) is 29.8. The minimum atomic E-state index is -5.58.